The van der Waals surface area contributed by atoms with Gasteiger partial charge in [0, 0.05) is 28.0 Å². The lowest BCUT2D eigenvalue weighted by molar-refractivity contribution is -0.384. The van der Waals surface area contributed by atoms with Gasteiger partial charge < -0.3 is 0 Å². The zero-order valence-electron chi connectivity index (χ0n) is 8.12. The van der Waals surface area contributed by atoms with Crippen LogP contribution in [0.15, 0.2) is 35.7 Å². The van der Waals surface area contributed by atoms with Gasteiger partial charge in [0.15, 0.2) is 6.29 Å². The van der Waals surface area contributed by atoms with Crippen molar-refractivity contribution in [3.63, 3.8) is 0 Å². The number of nitro groups is 1. The summed E-state index contributed by atoms with van der Waals surface area (Å²) in [5.41, 5.74) is 1.57. The van der Waals surface area contributed by atoms with E-state index in [0.717, 1.165) is 16.7 Å². The number of rotatable bonds is 3. The minimum atomic E-state index is -0.435. The van der Waals surface area contributed by atoms with Crippen molar-refractivity contribution in [3.05, 3.63) is 51.4 Å². The average Bonchev–Trinajstić information content (AvgIpc) is 2.77. The van der Waals surface area contributed by atoms with Crippen molar-refractivity contribution in [2.45, 2.75) is 0 Å². The summed E-state index contributed by atoms with van der Waals surface area (Å²) in [5.74, 6) is 0. The molecule has 0 fully saturated rings. The molecule has 0 atom stereocenters. The summed E-state index contributed by atoms with van der Waals surface area (Å²) in [4.78, 5) is 21.5. The number of nitro benzene ring substituents is 1. The summed E-state index contributed by atoms with van der Waals surface area (Å²) >= 11 is 1.44. The zero-order valence-corrected chi connectivity index (χ0v) is 8.94. The fourth-order valence-electron chi connectivity index (χ4n) is 1.31. The number of nitrogens with zero attached hydrogens (tertiary/aromatic N) is 1. The molecule has 0 N–H and O–H groups in total. The maximum atomic E-state index is 10.5. The Labute approximate surface area is 95.3 Å². The molecule has 0 unspecified atom stereocenters. The second kappa shape index (κ2) is 4.24. The highest BCUT2D eigenvalue weighted by atomic mass is 32.1. The van der Waals surface area contributed by atoms with Crippen LogP contribution in [0.25, 0.3) is 10.4 Å². The monoisotopic (exact) mass is 233 g/mol. The predicted octanol–water partition coefficient (Wildman–Crippen LogP) is 3.14. The summed E-state index contributed by atoms with van der Waals surface area (Å²) in [6.45, 7) is 0. The SMILES string of the molecule is O=Cc1csc(-c2ccc([N+](=O)[O-])cc2)c1. The molecule has 4 nitrogen and oxygen atoms in total. The molecule has 0 amide bonds. The molecular formula is C11H7NO3S. The van der Waals surface area contributed by atoms with E-state index in [1.807, 2.05) is 0 Å². The third-order valence-electron chi connectivity index (χ3n) is 2.12. The molecule has 1 aromatic carbocycles. The Morgan fingerprint density at radius 1 is 1.25 bits per heavy atom. The van der Waals surface area contributed by atoms with Gasteiger partial charge in [-0.1, -0.05) is 0 Å². The van der Waals surface area contributed by atoms with E-state index < -0.39 is 4.92 Å². The fourth-order valence-corrected chi connectivity index (χ4v) is 2.17. The van der Waals surface area contributed by atoms with Gasteiger partial charge in [-0.2, -0.15) is 0 Å². The third kappa shape index (κ3) is 1.99. The van der Waals surface area contributed by atoms with Crippen LogP contribution in [0.2, 0.25) is 0 Å². The highest BCUT2D eigenvalue weighted by Gasteiger charge is 2.06. The quantitative estimate of drug-likeness (QED) is 0.465. The molecule has 80 valence electrons. The Morgan fingerprint density at radius 3 is 2.44 bits per heavy atom. The Hall–Kier alpha value is -2.01. The lowest BCUT2D eigenvalue weighted by atomic mass is 10.1. The summed E-state index contributed by atoms with van der Waals surface area (Å²) < 4.78 is 0. The lowest BCUT2D eigenvalue weighted by Gasteiger charge is -1.96. The van der Waals surface area contributed by atoms with Crippen molar-refractivity contribution in [3.8, 4) is 10.4 Å². The highest BCUT2D eigenvalue weighted by molar-refractivity contribution is 7.13. The largest absolute Gasteiger partial charge is 0.298 e. The minimum Gasteiger partial charge on any atom is -0.298 e. The standard InChI is InChI=1S/C11H7NO3S/c13-6-8-5-11(16-7-8)9-1-3-10(4-2-9)12(14)15/h1-7H. The first-order valence-electron chi connectivity index (χ1n) is 4.49. The lowest BCUT2D eigenvalue weighted by Crippen LogP contribution is -1.86. The summed E-state index contributed by atoms with van der Waals surface area (Å²) in [5, 5.41) is 12.2. The highest BCUT2D eigenvalue weighted by Crippen LogP contribution is 2.27. The number of hydrogen-bond acceptors (Lipinski definition) is 4. The van der Waals surface area contributed by atoms with E-state index in [4.69, 9.17) is 0 Å². The first kappa shape index (κ1) is 10.5. The molecule has 5 heteroatoms. The van der Waals surface area contributed by atoms with E-state index in [9.17, 15) is 14.9 Å². The van der Waals surface area contributed by atoms with Gasteiger partial charge in [0.2, 0.25) is 0 Å². The molecule has 2 rings (SSSR count). The molecule has 16 heavy (non-hydrogen) atoms. The number of benzene rings is 1. The third-order valence-corrected chi connectivity index (χ3v) is 3.12. The molecule has 1 aromatic heterocycles. The van der Waals surface area contributed by atoms with Gasteiger partial charge in [-0.15, -0.1) is 11.3 Å². The van der Waals surface area contributed by atoms with Crippen LogP contribution in [-0.2, 0) is 0 Å². The van der Waals surface area contributed by atoms with Crippen molar-refractivity contribution in [2.75, 3.05) is 0 Å². The van der Waals surface area contributed by atoms with E-state index in [-0.39, 0.29) is 5.69 Å². The van der Waals surface area contributed by atoms with Crippen LogP contribution in [0.3, 0.4) is 0 Å². The minimum absolute atomic E-state index is 0.0657. The van der Waals surface area contributed by atoms with Gasteiger partial charge in [0.25, 0.3) is 5.69 Å². The first-order valence-corrected chi connectivity index (χ1v) is 5.37. The summed E-state index contributed by atoms with van der Waals surface area (Å²) in [6, 6.07) is 8.03. The van der Waals surface area contributed by atoms with Crippen LogP contribution in [-0.4, -0.2) is 11.2 Å². The average molecular weight is 233 g/mol. The van der Waals surface area contributed by atoms with Crippen LogP contribution in [0, 0.1) is 10.1 Å². The maximum Gasteiger partial charge on any atom is 0.269 e. The van der Waals surface area contributed by atoms with Crippen molar-refractivity contribution < 1.29 is 9.72 Å². The van der Waals surface area contributed by atoms with Gasteiger partial charge in [-0.25, -0.2) is 0 Å². The van der Waals surface area contributed by atoms with Crippen LogP contribution in [0.4, 0.5) is 5.69 Å². The molecule has 0 bridgehead atoms. The molecule has 0 aliphatic rings. The fraction of sp³-hybridized carbons (Fsp3) is 0. The number of non-ortho nitro benzene ring substituents is 1. The Bertz CT molecular complexity index is 530. The van der Waals surface area contributed by atoms with Gasteiger partial charge in [0.1, 0.15) is 0 Å². The molecule has 0 aliphatic heterocycles. The number of thiophene rings is 1. The number of aldehydes is 1. The van der Waals surface area contributed by atoms with E-state index in [0.29, 0.717) is 5.56 Å². The second-order valence-electron chi connectivity index (χ2n) is 3.17. The van der Waals surface area contributed by atoms with Crippen molar-refractivity contribution in [1.29, 1.82) is 0 Å². The number of carbonyl (C=O) groups is 1. The zero-order chi connectivity index (χ0) is 11.5. The second-order valence-corrected chi connectivity index (χ2v) is 4.08. The molecule has 0 spiro atoms. The molecule has 2 aromatic rings. The molecule has 1 heterocycles. The van der Waals surface area contributed by atoms with Gasteiger partial charge >= 0.3 is 0 Å². The normalized spacial score (nSPS) is 10.0. The first-order chi connectivity index (χ1) is 7.70. The van der Waals surface area contributed by atoms with Crippen LogP contribution < -0.4 is 0 Å². The van der Waals surface area contributed by atoms with Gasteiger partial charge in [-0.05, 0) is 23.8 Å². The maximum absolute atomic E-state index is 10.5. The van der Waals surface area contributed by atoms with Crippen molar-refractivity contribution in [1.82, 2.24) is 0 Å². The molecule has 0 radical (unpaired) electrons. The molecule has 0 saturated heterocycles. The molecular weight excluding hydrogens is 226 g/mol. The Morgan fingerprint density at radius 2 is 1.94 bits per heavy atom. The smallest absolute Gasteiger partial charge is 0.269 e. The van der Waals surface area contributed by atoms with Crippen LogP contribution in [0.5, 0.6) is 0 Å². The van der Waals surface area contributed by atoms with E-state index in [1.165, 1.54) is 23.5 Å². The number of carbonyl (C=O) groups excluding carboxylic acids is 1. The van der Waals surface area contributed by atoms with Gasteiger partial charge in [0.05, 0.1) is 4.92 Å². The van der Waals surface area contributed by atoms with Crippen molar-refractivity contribution in [2.24, 2.45) is 0 Å². The Balaban J connectivity index is 2.34. The Kier molecular flexibility index (Phi) is 2.78. The molecule has 0 aliphatic carbocycles. The van der Waals surface area contributed by atoms with E-state index in [2.05, 4.69) is 0 Å². The topological polar surface area (TPSA) is 60.2 Å². The molecule has 0 saturated carbocycles. The summed E-state index contributed by atoms with van der Waals surface area (Å²) in [7, 11) is 0. The summed E-state index contributed by atoms with van der Waals surface area (Å²) in [6.07, 6.45) is 0.783. The van der Waals surface area contributed by atoms with Crippen LogP contribution >= 0.6 is 11.3 Å². The van der Waals surface area contributed by atoms with E-state index >= 15 is 0 Å². The van der Waals surface area contributed by atoms with Crippen molar-refractivity contribution >= 4 is 23.3 Å². The van der Waals surface area contributed by atoms with E-state index in [1.54, 1.807) is 23.6 Å². The van der Waals surface area contributed by atoms with Crippen LogP contribution in [0.1, 0.15) is 10.4 Å². The number of hydrogen-bond donors (Lipinski definition) is 0. The van der Waals surface area contributed by atoms with Gasteiger partial charge in [-0.3, -0.25) is 14.9 Å². The predicted molar refractivity (Wildman–Crippen MR) is 61.8 cm³/mol.